The molecule has 0 unspecified atom stereocenters. The summed E-state index contributed by atoms with van der Waals surface area (Å²) in [6.45, 7) is 2.60. The summed E-state index contributed by atoms with van der Waals surface area (Å²) in [5.74, 6) is 0.150. The summed E-state index contributed by atoms with van der Waals surface area (Å²) in [7, 11) is -3.01. The lowest BCUT2D eigenvalue weighted by molar-refractivity contribution is -0.141. The van der Waals surface area contributed by atoms with Gasteiger partial charge in [-0.2, -0.15) is 18.3 Å². The van der Waals surface area contributed by atoms with Crippen molar-refractivity contribution in [2.75, 3.05) is 24.6 Å². The molecule has 3 heterocycles. The van der Waals surface area contributed by atoms with Crippen LogP contribution in [-0.2, 0) is 22.6 Å². The summed E-state index contributed by atoms with van der Waals surface area (Å²) >= 11 is 0. The second-order valence-corrected chi connectivity index (χ2v) is 11.8. The molecule has 1 aliphatic carbocycles. The van der Waals surface area contributed by atoms with Crippen molar-refractivity contribution in [3.05, 3.63) is 17.5 Å². The Morgan fingerprint density at radius 3 is 2.61 bits per heavy atom. The fraction of sp³-hybridized carbons (Fsp3) is 0.850. The van der Waals surface area contributed by atoms with Crippen molar-refractivity contribution in [3.8, 4) is 0 Å². The third-order valence-corrected chi connectivity index (χ3v) is 9.20. The molecule has 31 heavy (non-hydrogen) atoms. The molecule has 0 amide bonds. The molecule has 11 heteroatoms. The molecular formula is C20H28F5N3O2S. The van der Waals surface area contributed by atoms with E-state index < -0.39 is 34.7 Å². The highest BCUT2D eigenvalue weighted by molar-refractivity contribution is 7.91. The van der Waals surface area contributed by atoms with Crippen molar-refractivity contribution in [1.82, 2.24) is 14.7 Å². The zero-order chi connectivity index (χ0) is 22.6. The largest absolute Gasteiger partial charge is 0.435 e. The minimum atomic E-state index is -4.68. The van der Waals surface area contributed by atoms with Crippen LogP contribution in [0.25, 0.3) is 0 Å². The van der Waals surface area contributed by atoms with E-state index in [-0.39, 0.29) is 40.5 Å². The maximum Gasteiger partial charge on any atom is 0.435 e. The molecular weight excluding hydrogens is 441 g/mol. The Morgan fingerprint density at radius 2 is 2.00 bits per heavy atom. The van der Waals surface area contributed by atoms with Crippen LogP contribution >= 0.6 is 0 Å². The molecule has 3 aliphatic rings. The van der Waals surface area contributed by atoms with Gasteiger partial charge in [0, 0.05) is 24.2 Å². The van der Waals surface area contributed by atoms with Crippen molar-refractivity contribution in [2.45, 2.75) is 70.1 Å². The molecule has 176 valence electrons. The van der Waals surface area contributed by atoms with E-state index in [1.54, 1.807) is 0 Å². The topological polar surface area (TPSA) is 55.2 Å². The van der Waals surface area contributed by atoms with E-state index in [0.717, 1.165) is 36.6 Å². The molecule has 1 saturated carbocycles. The summed E-state index contributed by atoms with van der Waals surface area (Å²) in [5.41, 5.74) is -1.14. The highest BCUT2D eigenvalue weighted by atomic mass is 32.2. The van der Waals surface area contributed by atoms with Crippen LogP contribution in [0.5, 0.6) is 0 Å². The van der Waals surface area contributed by atoms with Gasteiger partial charge in [-0.15, -0.1) is 0 Å². The van der Waals surface area contributed by atoms with Crippen molar-refractivity contribution in [1.29, 1.82) is 0 Å². The first-order chi connectivity index (χ1) is 14.4. The fourth-order valence-corrected chi connectivity index (χ4v) is 8.13. The molecule has 4 rings (SSSR count). The van der Waals surface area contributed by atoms with Crippen LogP contribution in [0.15, 0.2) is 6.07 Å². The Hall–Kier alpha value is -1.23. The molecule has 1 aromatic rings. The summed E-state index contributed by atoms with van der Waals surface area (Å²) in [6, 6.07) is 1.03. The molecule has 3 fully saturated rings. The maximum atomic E-state index is 13.2. The van der Waals surface area contributed by atoms with E-state index in [9.17, 15) is 30.4 Å². The predicted molar refractivity (Wildman–Crippen MR) is 105 cm³/mol. The first-order valence-corrected chi connectivity index (χ1v) is 12.6. The van der Waals surface area contributed by atoms with Gasteiger partial charge in [-0.3, -0.25) is 9.58 Å². The van der Waals surface area contributed by atoms with Gasteiger partial charge in [0.15, 0.2) is 15.5 Å². The van der Waals surface area contributed by atoms with Crippen molar-refractivity contribution < 1.29 is 30.4 Å². The molecule has 0 aromatic carbocycles. The zero-order valence-electron chi connectivity index (χ0n) is 17.4. The van der Waals surface area contributed by atoms with Crippen LogP contribution in [-0.4, -0.2) is 60.2 Å². The number of aromatic nitrogens is 2. The SMILES string of the molecule is C[C@H]1C[C@H](N2CCC[C@]3(CCS(=O)(=O)C3)C2)C[C@H]1c1cc(C(F)(F)F)nn1CC(F)F. The first-order valence-electron chi connectivity index (χ1n) is 10.8. The number of nitrogens with zero attached hydrogens (tertiary/aromatic N) is 3. The molecule has 5 nitrogen and oxygen atoms in total. The number of likely N-dealkylation sites (tertiary alicyclic amines) is 1. The normalized spacial score (nSPS) is 34.2. The number of alkyl halides is 5. The second-order valence-electron chi connectivity index (χ2n) is 9.65. The Bertz CT molecular complexity index is 916. The van der Waals surface area contributed by atoms with Crippen LogP contribution in [0.4, 0.5) is 22.0 Å². The van der Waals surface area contributed by atoms with Gasteiger partial charge >= 0.3 is 6.18 Å². The van der Waals surface area contributed by atoms with Crippen molar-refractivity contribution in [2.24, 2.45) is 11.3 Å². The third kappa shape index (κ3) is 4.77. The van der Waals surface area contributed by atoms with Gasteiger partial charge in [-0.1, -0.05) is 6.92 Å². The van der Waals surface area contributed by atoms with Crippen LogP contribution < -0.4 is 0 Å². The lowest BCUT2D eigenvalue weighted by atomic mass is 9.79. The number of piperidine rings is 1. The van der Waals surface area contributed by atoms with E-state index in [4.69, 9.17) is 0 Å². The molecule has 0 radical (unpaired) electrons. The van der Waals surface area contributed by atoms with Gasteiger partial charge in [0.2, 0.25) is 0 Å². The lowest BCUT2D eigenvalue weighted by Crippen LogP contribution is -2.48. The zero-order valence-corrected chi connectivity index (χ0v) is 18.2. The summed E-state index contributed by atoms with van der Waals surface area (Å²) in [4.78, 5) is 2.29. The maximum absolute atomic E-state index is 13.2. The summed E-state index contributed by atoms with van der Waals surface area (Å²) in [5, 5.41) is 3.44. The molecule has 2 saturated heterocycles. The fourth-order valence-electron chi connectivity index (χ4n) is 5.93. The minimum Gasteiger partial charge on any atom is -0.300 e. The number of hydrogen-bond donors (Lipinski definition) is 0. The van der Waals surface area contributed by atoms with Crippen molar-refractivity contribution >= 4 is 9.84 Å². The Balaban J connectivity index is 1.53. The first kappa shape index (κ1) is 22.9. The molecule has 1 spiro atoms. The molecule has 2 aliphatic heterocycles. The van der Waals surface area contributed by atoms with E-state index >= 15 is 0 Å². The average Bonchev–Trinajstić information content (AvgIpc) is 3.30. The van der Waals surface area contributed by atoms with Crippen LogP contribution in [0.2, 0.25) is 0 Å². The summed E-state index contributed by atoms with van der Waals surface area (Å²) < 4.78 is 90.5. The van der Waals surface area contributed by atoms with E-state index in [1.807, 2.05) is 6.92 Å². The van der Waals surface area contributed by atoms with E-state index in [1.165, 1.54) is 0 Å². The Morgan fingerprint density at radius 1 is 1.26 bits per heavy atom. The lowest BCUT2D eigenvalue weighted by Gasteiger charge is -2.42. The number of hydrogen-bond acceptors (Lipinski definition) is 4. The van der Waals surface area contributed by atoms with Gasteiger partial charge in [-0.05, 0) is 56.0 Å². The standard InChI is InChI=1S/C20H28F5N3O2S/c1-13-7-14(27-5-2-3-19(11-27)4-6-31(29,30)12-19)8-15(13)16-9-17(20(23,24)25)26-28(16)10-18(21)22/h9,13-15,18H,2-8,10-12H2,1H3/t13-,14-,15+,19-/m0/s1. The number of sulfone groups is 1. The summed E-state index contributed by atoms with van der Waals surface area (Å²) in [6.07, 6.45) is -3.73. The number of halogens is 5. The molecule has 0 N–H and O–H groups in total. The van der Waals surface area contributed by atoms with E-state index in [2.05, 4.69) is 10.00 Å². The minimum absolute atomic E-state index is 0.0180. The second kappa shape index (κ2) is 7.97. The smallest absolute Gasteiger partial charge is 0.300 e. The van der Waals surface area contributed by atoms with Crippen molar-refractivity contribution in [3.63, 3.8) is 0 Å². The predicted octanol–water partition coefficient (Wildman–Crippen LogP) is 3.95. The van der Waals surface area contributed by atoms with Gasteiger partial charge in [-0.25, -0.2) is 17.2 Å². The van der Waals surface area contributed by atoms with Crippen LogP contribution in [0, 0.1) is 11.3 Å². The van der Waals surface area contributed by atoms with E-state index in [0.29, 0.717) is 19.4 Å². The highest BCUT2D eigenvalue weighted by Crippen LogP contribution is 2.46. The monoisotopic (exact) mass is 469 g/mol. The third-order valence-electron chi connectivity index (χ3n) is 7.33. The highest BCUT2D eigenvalue weighted by Gasteiger charge is 2.48. The Kier molecular flexibility index (Phi) is 5.90. The molecule has 0 bridgehead atoms. The quantitative estimate of drug-likeness (QED) is 0.627. The van der Waals surface area contributed by atoms with Crippen LogP contribution in [0.3, 0.4) is 0 Å². The Labute approximate surface area is 178 Å². The van der Waals surface area contributed by atoms with Gasteiger partial charge in [0.25, 0.3) is 6.43 Å². The van der Waals surface area contributed by atoms with Gasteiger partial charge < -0.3 is 0 Å². The average molecular weight is 470 g/mol. The van der Waals surface area contributed by atoms with Gasteiger partial charge in [0.1, 0.15) is 6.54 Å². The number of rotatable bonds is 4. The molecule has 1 aromatic heterocycles. The van der Waals surface area contributed by atoms with Crippen LogP contribution in [0.1, 0.15) is 56.3 Å². The van der Waals surface area contributed by atoms with Gasteiger partial charge in [0.05, 0.1) is 11.5 Å². The molecule has 4 atom stereocenters.